The smallest absolute Gasteiger partial charge is 0.337 e. The summed E-state index contributed by atoms with van der Waals surface area (Å²) in [5.74, 6) is -0.131. The molecule has 0 aromatic heterocycles. The van der Waals surface area contributed by atoms with Crippen LogP contribution in [0, 0.1) is 6.92 Å². The lowest BCUT2D eigenvalue weighted by Gasteiger charge is -2.43. The highest BCUT2D eigenvalue weighted by atomic mass is 16.5. The number of aryl methyl sites for hydroxylation is 1. The van der Waals surface area contributed by atoms with Gasteiger partial charge < -0.3 is 19.5 Å². The van der Waals surface area contributed by atoms with Gasteiger partial charge in [-0.25, -0.2) is 9.59 Å². The first-order valence-corrected chi connectivity index (χ1v) is 14.6. The number of aliphatic carboxylic acids is 1. The van der Waals surface area contributed by atoms with Crippen LogP contribution in [0.1, 0.15) is 73.1 Å². The molecule has 3 aliphatic heterocycles. The van der Waals surface area contributed by atoms with Gasteiger partial charge in [-0.3, -0.25) is 4.90 Å². The van der Waals surface area contributed by atoms with E-state index in [0.29, 0.717) is 38.2 Å². The number of hydrogen-bond donors (Lipinski definition) is 1. The molecule has 0 spiro atoms. The minimum absolute atomic E-state index is 0.0325. The lowest BCUT2D eigenvalue weighted by Crippen LogP contribution is -2.49. The van der Waals surface area contributed by atoms with E-state index in [-0.39, 0.29) is 6.03 Å². The minimum Gasteiger partial charge on any atom is -0.493 e. The Labute approximate surface area is 241 Å². The van der Waals surface area contributed by atoms with Crippen molar-refractivity contribution >= 4 is 17.7 Å². The average molecular weight is 555 g/mol. The number of carboxylic acid groups (broad SMARTS) is 1. The monoisotopic (exact) mass is 554 g/mol. The first kappa shape index (κ1) is 27.3. The maximum Gasteiger partial charge on any atom is 0.337 e. The van der Waals surface area contributed by atoms with Gasteiger partial charge in [0.1, 0.15) is 5.75 Å². The molecule has 0 saturated carbocycles. The second-order valence-electron chi connectivity index (χ2n) is 12.3. The number of carbonyl (C=O) groups excluding carboxylic acids is 1. The molecular formula is C34H38N2O5. The van der Waals surface area contributed by atoms with Crippen LogP contribution in [0.2, 0.25) is 0 Å². The predicted molar refractivity (Wildman–Crippen MR) is 158 cm³/mol. The Morgan fingerprint density at radius 1 is 1.07 bits per heavy atom. The van der Waals surface area contributed by atoms with Crippen LogP contribution in [0.3, 0.4) is 0 Å². The number of hydrogen-bond acceptors (Lipinski definition) is 4. The molecule has 0 radical (unpaired) electrons. The second-order valence-corrected chi connectivity index (χ2v) is 12.3. The van der Waals surface area contributed by atoms with Crippen molar-refractivity contribution in [1.29, 1.82) is 0 Å². The first-order valence-electron chi connectivity index (χ1n) is 14.6. The van der Waals surface area contributed by atoms with Crippen molar-refractivity contribution in [3.63, 3.8) is 0 Å². The van der Waals surface area contributed by atoms with E-state index in [1.54, 1.807) is 0 Å². The molecule has 3 aromatic carbocycles. The van der Waals surface area contributed by atoms with Gasteiger partial charge in [-0.05, 0) is 104 Å². The third kappa shape index (κ3) is 5.08. The van der Waals surface area contributed by atoms with Crippen molar-refractivity contribution in [1.82, 2.24) is 4.90 Å². The predicted octanol–water partition coefficient (Wildman–Crippen LogP) is 6.82. The molecular weight excluding hydrogens is 516 g/mol. The molecule has 3 aromatic rings. The lowest BCUT2D eigenvalue weighted by molar-refractivity contribution is -0.160. The Hall–Kier alpha value is -3.84. The van der Waals surface area contributed by atoms with Crippen LogP contribution < -0.4 is 9.64 Å². The lowest BCUT2D eigenvalue weighted by atomic mass is 9.79. The van der Waals surface area contributed by atoms with Crippen molar-refractivity contribution in [2.24, 2.45) is 0 Å². The van der Waals surface area contributed by atoms with Crippen LogP contribution in [0.25, 0.3) is 11.1 Å². The number of rotatable bonds is 6. The summed E-state index contributed by atoms with van der Waals surface area (Å²) >= 11 is 0. The molecule has 41 heavy (non-hydrogen) atoms. The third-order valence-electron chi connectivity index (χ3n) is 8.29. The van der Waals surface area contributed by atoms with E-state index in [4.69, 9.17) is 9.47 Å². The summed E-state index contributed by atoms with van der Waals surface area (Å²) in [5, 5.41) is 10.6. The van der Waals surface area contributed by atoms with Gasteiger partial charge in [-0.15, -0.1) is 0 Å². The Bertz CT molecular complexity index is 1510. The van der Waals surface area contributed by atoms with E-state index >= 15 is 0 Å². The molecule has 214 valence electrons. The molecule has 3 aliphatic rings. The zero-order valence-corrected chi connectivity index (χ0v) is 24.3. The summed E-state index contributed by atoms with van der Waals surface area (Å²) in [5.41, 5.74) is 7.96. The summed E-state index contributed by atoms with van der Waals surface area (Å²) in [6.45, 7) is 10.0. The fraction of sp³-hybridized carbons (Fsp3) is 0.412. The maximum absolute atomic E-state index is 13.9. The van der Waals surface area contributed by atoms with Gasteiger partial charge in [0.05, 0.1) is 24.4 Å². The number of amides is 2. The number of anilines is 1. The molecule has 7 heteroatoms. The summed E-state index contributed by atoms with van der Waals surface area (Å²) in [6.07, 6.45) is 2.15. The summed E-state index contributed by atoms with van der Waals surface area (Å²) < 4.78 is 12.2. The van der Waals surface area contributed by atoms with Gasteiger partial charge >= 0.3 is 12.0 Å². The summed E-state index contributed by atoms with van der Waals surface area (Å²) in [4.78, 5) is 30.6. The number of ether oxygens (including phenoxy) is 2. The van der Waals surface area contributed by atoms with Crippen LogP contribution in [-0.2, 0) is 35.5 Å². The number of benzene rings is 3. The van der Waals surface area contributed by atoms with Crippen LogP contribution in [-0.4, -0.2) is 40.8 Å². The van der Waals surface area contributed by atoms with Gasteiger partial charge in [0.25, 0.3) is 0 Å². The molecule has 2 amide bonds. The molecule has 3 heterocycles. The fourth-order valence-corrected chi connectivity index (χ4v) is 6.60. The largest absolute Gasteiger partial charge is 0.493 e. The number of urea groups is 1. The normalized spacial score (nSPS) is 17.0. The van der Waals surface area contributed by atoms with E-state index < -0.39 is 17.7 Å². The quantitative estimate of drug-likeness (QED) is 0.362. The van der Waals surface area contributed by atoms with Crippen molar-refractivity contribution in [2.75, 3.05) is 18.1 Å². The molecule has 6 rings (SSSR count). The van der Waals surface area contributed by atoms with Gasteiger partial charge in [-0.1, -0.05) is 36.4 Å². The fourth-order valence-electron chi connectivity index (χ4n) is 6.60. The molecule has 1 N–H and O–H groups in total. The molecule has 7 nitrogen and oxygen atoms in total. The molecule has 1 atom stereocenters. The van der Waals surface area contributed by atoms with E-state index in [0.717, 1.165) is 69.6 Å². The first-order chi connectivity index (χ1) is 19.6. The Morgan fingerprint density at radius 3 is 2.59 bits per heavy atom. The van der Waals surface area contributed by atoms with E-state index in [2.05, 4.69) is 13.0 Å². The minimum atomic E-state index is -1.17. The average Bonchev–Trinajstić information content (AvgIpc) is 2.95. The zero-order chi connectivity index (χ0) is 28.9. The zero-order valence-electron chi connectivity index (χ0n) is 24.3. The Morgan fingerprint density at radius 2 is 1.85 bits per heavy atom. The van der Waals surface area contributed by atoms with Gasteiger partial charge in [0.2, 0.25) is 0 Å². The molecule has 0 bridgehead atoms. The highest BCUT2D eigenvalue weighted by Gasteiger charge is 2.41. The maximum atomic E-state index is 13.9. The highest BCUT2D eigenvalue weighted by molar-refractivity contribution is 5.99. The molecule has 0 fully saturated rings. The van der Waals surface area contributed by atoms with Crippen LogP contribution in [0.15, 0.2) is 48.5 Å². The molecule has 0 aliphatic carbocycles. The topological polar surface area (TPSA) is 79.3 Å². The van der Waals surface area contributed by atoms with E-state index in [1.807, 2.05) is 73.0 Å². The SMILES string of the molecule is Cc1c2c3c(c(C(OC(C)(C)C)C(=O)O)c1-c1ccc4c(c1)CCCO4)CCCN3C(=O)N(Cc1ccccc1)C2. The van der Waals surface area contributed by atoms with Gasteiger partial charge in [-0.2, -0.15) is 0 Å². The van der Waals surface area contributed by atoms with E-state index in [9.17, 15) is 14.7 Å². The number of fused-ring (bicyclic) bond motifs is 1. The van der Waals surface area contributed by atoms with Crippen molar-refractivity contribution in [3.8, 4) is 16.9 Å². The standard InChI is InChI=1S/C34H38N2O5/c1-21-26-20-35(19-22-10-6-5-7-11-22)33(39)36-16-8-13-25(30(26)36)29(31(32(37)38)41-34(2,3)4)28(21)24-14-15-27-23(18-24)12-9-17-40-27/h5-7,10-11,14-15,18,31H,8-9,12-13,16-17,19-20H2,1-4H3,(H,37,38). The molecule has 1 unspecified atom stereocenters. The van der Waals surface area contributed by atoms with Gasteiger partial charge in [0.15, 0.2) is 6.10 Å². The number of nitrogens with zero attached hydrogens (tertiary/aromatic N) is 2. The second kappa shape index (κ2) is 10.5. The van der Waals surface area contributed by atoms with Crippen molar-refractivity contribution in [3.05, 3.63) is 81.9 Å². The third-order valence-corrected chi connectivity index (χ3v) is 8.29. The molecule has 0 saturated heterocycles. The number of carboxylic acids is 1. The number of carbonyl (C=O) groups is 2. The Balaban J connectivity index is 1.58. The summed E-state index contributed by atoms with van der Waals surface area (Å²) in [6, 6.07) is 16.2. The summed E-state index contributed by atoms with van der Waals surface area (Å²) in [7, 11) is 0. The van der Waals surface area contributed by atoms with Crippen LogP contribution in [0.5, 0.6) is 5.75 Å². The van der Waals surface area contributed by atoms with Crippen LogP contribution >= 0.6 is 0 Å². The van der Waals surface area contributed by atoms with Crippen molar-refractivity contribution in [2.45, 2.75) is 78.2 Å². The van der Waals surface area contributed by atoms with Gasteiger partial charge in [0, 0.05) is 18.7 Å². The highest BCUT2D eigenvalue weighted by Crippen LogP contribution is 2.49. The van der Waals surface area contributed by atoms with Crippen molar-refractivity contribution < 1.29 is 24.2 Å². The Kier molecular flexibility index (Phi) is 7.02. The van der Waals surface area contributed by atoms with Crippen LogP contribution in [0.4, 0.5) is 10.5 Å². The van der Waals surface area contributed by atoms with E-state index in [1.165, 1.54) is 0 Å².